The molecule has 0 radical (unpaired) electrons. The van der Waals surface area contributed by atoms with Crippen LogP contribution in [0.2, 0.25) is 0 Å². The lowest BCUT2D eigenvalue weighted by atomic mass is 9.96. The Bertz CT molecular complexity index is 1310. The third kappa shape index (κ3) is 7.67. The standard InChI is InChI=1S/C27H37N7O6/c1-4-14(2)23(26(38)33-21(27(39)40)10-17-12-29-13-31-17)34-24(36)20(32-25(37)22(28)15(3)35)9-16-11-30-19-8-6-5-7-18(16)19/h5-8,11-15,20-23,30,35H,4,9-10,28H2,1-3H3,(H,29,31)(H,32,37)(H,33,38)(H,34,36)(H,39,40). The summed E-state index contributed by atoms with van der Waals surface area (Å²) >= 11 is 0. The van der Waals surface area contributed by atoms with Crippen molar-refractivity contribution < 1.29 is 29.4 Å². The molecule has 40 heavy (non-hydrogen) atoms. The minimum absolute atomic E-state index is 0.0290. The first kappa shape index (κ1) is 30.3. The number of benzene rings is 1. The number of carboxylic acids is 1. The molecule has 0 aliphatic carbocycles. The molecule has 6 atom stereocenters. The van der Waals surface area contributed by atoms with E-state index < -0.39 is 54.0 Å². The molecule has 9 N–H and O–H groups in total. The fourth-order valence-corrected chi connectivity index (χ4v) is 4.25. The number of hydrogen-bond donors (Lipinski definition) is 8. The molecular formula is C27H37N7O6. The van der Waals surface area contributed by atoms with Gasteiger partial charge in [-0.2, -0.15) is 0 Å². The largest absolute Gasteiger partial charge is 0.480 e. The van der Waals surface area contributed by atoms with E-state index in [-0.39, 0.29) is 18.8 Å². The smallest absolute Gasteiger partial charge is 0.326 e. The summed E-state index contributed by atoms with van der Waals surface area (Å²) in [6, 6.07) is 2.70. The van der Waals surface area contributed by atoms with Crippen molar-refractivity contribution in [2.75, 3.05) is 0 Å². The number of nitrogens with zero attached hydrogens (tertiary/aromatic N) is 1. The summed E-state index contributed by atoms with van der Waals surface area (Å²) in [7, 11) is 0. The summed E-state index contributed by atoms with van der Waals surface area (Å²) in [5, 5.41) is 28.1. The number of hydrogen-bond acceptors (Lipinski definition) is 7. The fourth-order valence-electron chi connectivity index (χ4n) is 4.25. The van der Waals surface area contributed by atoms with Gasteiger partial charge in [0.05, 0.1) is 12.4 Å². The van der Waals surface area contributed by atoms with Crippen molar-refractivity contribution in [2.45, 2.75) is 70.3 Å². The van der Waals surface area contributed by atoms with Crippen molar-refractivity contribution in [3.05, 3.63) is 54.2 Å². The van der Waals surface area contributed by atoms with Gasteiger partial charge in [-0.25, -0.2) is 9.78 Å². The molecule has 3 rings (SSSR count). The van der Waals surface area contributed by atoms with Crippen molar-refractivity contribution >= 4 is 34.6 Å². The van der Waals surface area contributed by atoms with E-state index in [2.05, 4.69) is 30.9 Å². The van der Waals surface area contributed by atoms with Crippen LogP contribution in [-0.2, 0) is 32.0 Å². The van der Waals surface area contributed by atoms with Crippen LogP contribution in [0, 0.1) is 5.92 Å². The molecular weight excluding hydrogens is 518 g/mol. The molecule has 0 fully saturated rings. The van der Waals surface area contributed by atoms with E-state index in [9.17, 15) is 29.4 Å². The van der Waals surface area contributed by atoms with Gasteiger partial charge in [0.2, 0.25) is 17.7 Å². The lowest BCUT2D eigenvalue weighted by molar-refractivity contribution is -0.142. The summed E-state index contributed by atoms with van der Waals surface area (Å²) in [5.41, 5.74) is 7.92. The number of carbonyl (C=O) groups excluding carboxylic acids is 3. The van der Waals surface area contributed by atoms with Crippen LogP contribution in [0.15, 0.2) is 43.0 Å². The average Bonchev–Trinajstić information content (AvgIpc) is 3.59. The number of nitrogens with one attached hydrogen (secondary N) is 5. The number of aliphatic hydroxyl groups is 1. The number of H-pyrrole nitrogens is 2. The lowest BCUT2D eigenvalue weighted by Crippen LogP contribution is -2.60. The number of nitrogens with two attached hydrogens (primary N) is 1. The van der Waals surface area contributed by atoms with Gasteiger partial charge in [0, 0.05) is 41.8 Å². The molecule has 0 bridgehead atoms. The van der Waals surface area contributed by atoms with Crippen molar-refractivity contribution in [3.63, 3.8) is 0 Å². The Balaban J connectivity index is 1.83. The Hall–Kier alpha value is -4.23. The quantitative estimate of drug-likeness (QED) is 0.135. The molecule has 0 aliphatic heterocycles. The molecule has 3 amide bonds. The Morgan fingerprint density at radius 2 is 1.68 bits per heavy atom. The predicted molar refractivity (Wildman–Crippen MR) is 147 cm³/mol. The van der Waals surface area contributed by atoms with E-state index in [4.69, 9.17) is 5.73 Å². The zero-order chi connectivity index (χ0) is 29.4. The number of aliphatic hydroxyl groups excluding tert-OH is 1. The van der Waals surface area contributed by atoms with E-state index in [1.165, 1.54) is 19.4 Å². The second-order valence-corrected chi connectivity index (χ2v) is 9.94. The van der Waals surface area contributed by atoms with E-state index in [1.54, 1.807) is 13.1 Å². The molecule has 0 aliphatic rings. The van der Waals surface area contributed by atoms with Gasteiger partial charge in [-0.15, -0.1) is 0 Å². The molecule has 1 aromatic carbocycles. The summed E-state index contributed by atoms with van der Waals surface area (Å²) in [6.07, 6.45) is 3.99. The van der Waals surface area contributed by atoms with Crippen LogP contribution in [0.3, 0.4) is 0 Å². The number of aromatic nitrogens is 3. The highest BCUT2D eigenvalue weighted by atomic mass is 16.4. The van der Waals surface area contributed by atoms with E-state index in [1.807, 2.05) is 31.2 Å². The molecule has 3 aromatic rings. The van der Waals surface area contributed by atoms with Gasteiger partial charge in [0.1, 0.15) is 24.2 Å². The Morgan fingerprint density at radius 1 is 0.975 bits per heavy atom. The second-order valence-electron chi connectivity index (χ2n) is 9.94. The minimum atomic E-state index is -1.27. The summed E-state index contributed by atoms with van der Waals surface area (Å²) in [5.74, 6) is -3.67. The van der Waals surface area contributed by atoms with Gasteiger partial charge in [0.15, 0.2) is 0 Å². The highest BCUT2D eigenvalue weighted by Crippen LogP contribution is 2.20. The molecule has 2 aromatic heterocycles. The lowest BCUT2D eigenvalue weighted by Gasteiger charge is -2.28. The Kier molecular flexibility index (Phi) is 10.4. The molecule has 2 heterocycles. The number of rotatable bonds is 14. The normalized spacial score (nSPS) is 15.8. The van der Waals surface area contributed by atoms with E-state index >= 15 is 0 Å². The topological polar surface area (TPSA) is 215 Å². The molecule has 0 saturated heterocycles. The highest BCUT2D eigenvalue weighted by molar-refractivity contribution is 5.95. The van der Waals surface area contributed by atoms with Crippen molar-refractivity contribution in [3.8, 4) is 0 Å². The van der Waals surface area contributed by atoms with Crippen LogP contribution in [-0.4, -0.2) is 79.1 Å². The monoisotopic (exact) mass is 555 g/mol. The fraction of sp³-hybridized carbons (Fsp3) is 0.444. The summed E-state index contributed by atoms with van der Waals surface area (Å²) in [6.45, 7) is 4.96. The number of carbonyl (C=O) groups is 4. The number of imidazole rings is 1. The first-order chi connectivity index (χ1) is 19.0. The SMILES string of the molecule is CCC(C)C(NC(=O)C(Cc1c[nH]c2ccccc12)NC(=O)C(N)C(C)O)C(=O)NC(Cc1cnc[nH]1)C(=O)O. The first-order valence-corrected chi connectivity index (χ1v) is 13.1. The average molecular weight is 556 g/mol. The van der Waals surface area contributed by atoms with Gasteiger partial charge in [-0.1, -0.05) is 38.5 Å². The van der Waals surface area contributed by atoms with Gasteiger partial charge in [0.25, 0.3) is 0 Å². The Labute approximate surface area is 231 Å². The van der Waals surface area contributed by atoms with Crippen molar-refractivity contribution in [1.82, 2.24) is 30.9 Å². The Morgan fingerprint density at radius 3 is 2.30 bits per heavy atom. The molecule has 13 heteroatoms. The second kappa shape index (κ2) is 13.7. The molecule has 6 unspecified atom stereocenters. The molecule has 0 saturated carbocycles. The van der Waals surface area contributed by atoms with Crippen molar-refractivity contribution in [2.24, 2.45) is 11.7 Å². The summed E-state index contributed by atoms with van der Waals surface area (Å²) < 4.78 is 0. The van der Waals surface area contributed by atoms with Gasteiger partial charge >= 0.3 is 5.97 Å². The number of aliphatic carboxylic acids is 1. The zero-order valence-electron chi connectivity index (χ0n) is 22.7. The minimum Gasteiger partial charge on any atom is -0.480 e. The van der Waals surface area contributed by atoms with Gasteiger partial charge < -0.3 is 41.9 Å². The zero-order valence-corrected chi connectivity index (χ0v) is 22.7. The summed E-state index contributed by atoms with van der Waals surface area (Å²) in [4.78, 5) is 61.3. The van der Waals surface area contributed by atoms with Gasteiger partial charge in [-0.3, -0.25) is 14.4 Å². The number of amides is 3. The maximum atomic E-state index is 13.6. The van der Waals surface area contributed by atoms with Crippen LogP contribution in [0.4, 0.5) is 0 Å². The van der Waals surface area contributed by atoms with Gasteiger partial charge in [-0.05, 0) is 24.5 Å². The van der Waals surface area contributed by atoms with E-state index in [0.717, 1.165) is 16.5 Å². The van der Waals surface area contributed by atoms with E-state index in [0.29, 0.717) is 12.1 Å². The maximum absolute atomic E-state index is 13.6. The van der Waals surface area contributed by atoms with Crippen LogP contribution in [0.25, 0.3) is 10.9 Å². The van der Waals surface area contributed by atoms with Crippen molar-refractivity contribution in [1.29, 1.82) is 0 Å². The molecule has 216 valence electrons. The number of aromatic amines is 2. The maximum Gasteiger partial charge on any atom is 0.326 e. The number of carboxylic acid groups (broad SMARTS) is 1. The molecule has 13 nitrogen and oxygen atoms in total. The molecule has 0 spiro atoms. The van der Waals surface area contributed by atoms with Crippen LogP contribution >= 0.6 is 0 Å². The number of fused-ring (bicyclic) bond motifs is 1. The highest BCUT2D eigenvalue weighted by Gasteiger charge is 2.33. The third-order valence-corrected chi connectivity index (χ3v) is 6.94. The third-order valence-electron chi connectivity index (χ3n) is 6.94. The number of para-hydroxylation sites is 1. The van der Waals surface area contributed by atoms with Crippen LogP contribution in [0.1, 0.15) is 38.4 Å². The van der Waals surface area contributed by atoms with Crippen LogP contribution < -0.4 is 21.7 Å². The first-order valence-electron chi connectivity index (χ1n) is 13.1. The predicted octanol–water partition coefficient (Wildman–Crippen LogP) is -0.0306. The van der Waals surface area contributed by atoms with Crippen LogP contribution in [0.5, 0.6) is 0 Å².